The summed E-state index contributed by atoms with van der Waals surface area (Å²) in [6.07, 6.45) is 10.7. The molecule has 18 atom stereocenters. The number of allylic oxidation sites excluding steroid dienone is 12. The maximum Gasteiger partial charge on any atom is 0.311 e. The first kappa shape index (κ1) is 57.8. The van der Waals surface area contributed by atoms with E-state index in [-0.39, 0.29) is 70.3 Å². The summed E-state index contributed by atoms with van der Waals surface area (Å²) >= 11 is 0. The fourth-order valence-electron chi connectivity index (χ4n) is 8.06. The SMILES string of the molecule is C.CC1OC(O[C@H]2/C=C/C=C/C=C/C=C/C=C/C=C/C=C/[C@H](C)[C@@H](O)[C@@H](C)[C@H](C)OC(=O)C[C@H](O)C[C@H](O)CC[C@@H](O)CC[C@H](O)C[C@]3(O)C[C@H](O)[C@@H](C(=O)O)C(C2)O3)C(O)C(N)C1C. The molecule has 0 aromatic carbocycles. The van der Waals surface area contributed by atoms with Crippen LogP contribution in [0.4, 0.5) is 0 Å². The number of esters is 1. The second kappa shape index (κ2) is 28.7. The minimum Gasteiger partial charge on any atom is -0.481 e. The molecule has 11 N–H and O–H groups in total. The van der Waals surface area contributed by atoms with Crippen molar-refractivity contribution in [3.05, 3.63) is 85.1 Å². The standard InChI is InChI=1S/C48H75NO15.CH4/c1-29-18-16-14-12-10-8-6-7-9-11-13-15-17-19-38(63-47-45(57)43(49)30(2)32(4)62-47)26-40-42(46(58)59)39(54)28-48(60,64-40)27-36(52)23-21-34(50)20-22-35(51)24-37(53)25-41(55)61-33(5)31(3)44(29)56;/h6-19,29-40,42-45,47,50-54,56-57,60H,20-28,49H2,1-5H3,(H,58,59);1H4/b7-6+,10-8+,11-9+,14-12+,15-13+,18-16+,19-17+;/t29-,30?,31-,32?,33-,34+,35+,36-,37+,38-,39-,40?,42+,43?,44+,45?,47?,48+;/m0./s1. The number of rotatable bonds is 3. The van der Waals surface area contributed by atoms with E-state index in [1.807, 2.05) is 62.5 Å². The predicted molar refractivity (Wildman–Crippen MR) is 245 cm³/mol. The molecule has 2 saturated heterocycles. The lowest BCUT2D eigenvalue weighted by atomic mass is 9.83. The maximum atomic E-state index is 12.6. The van der Waals surface area contributed by atoms with Gasteiger partial charge in [0.2, 0.25) is 0 Å². The van der Waals surface area contributed by atoms with E-state index in [2.05, 4.69) is 0 Å². The minimum atomic E-state index is -2.17. The number of fused-ring (bicyclic) bond motifs is 2. The van der Waals surface area contributed by atoms with Gasteiger partial charge in [-0.05, 0) is 51.9 Å². The summed E-state index contributed by atoms with van der Waals surface area (Å²) in [5, 5.41) is 97.3. The Labute approximate surface area is 385 Å². The summed E-state index contributed by atoms with van der Waals surface area (Å²) in [5.41, 5.74) is 6.27. The van der Waals surface area contributed by atoms with Crippen molar-refractivity contribution in [1.29, 1.82) is 0 Å². The van der Waals surface area contributed by atoms with Crippen LogP contribution in [-0.2, 0) is 28.5 Å². The van der Waals surface area contributed by atoms with E-state index < -0.39 is 116 Å². The average Bonchev–Trinajstić information content (AvgIpc) is 3.21. The molecule has 0 aromatic rings. The van der Waals surface area contributed by atoms with Crippen molar-refractivity contribution in [2.24, 2.45) is 29.4 Å². The fraction of sp³-hybridized carbons (Fsp3) is 0.673. The van der Waals surface area contributed by atoms with E-state index in [9.17, 15) is 55.5 Å². The molecular weight excluding hydrogens is 843 g/mol. The number of aliphatic carboxylic acids is 1. The van der Waals surface area contributed by atoms with Gasteiger partial charge in [0, 0.05) is 37.1 Å². The van der Waals surface area contributed by atoms with Gasteiger partial charge in [-0.2, -0.15) is 0 Å². The predicted octanol–water partition coefficient (Wildman–Crippen LogP) is 3.65. The molecule has 3 heterocycles. The van der Waals surface area contributed by atoms with E-state index in [1.54, 1.807) is 57.2 Å². The van der Waals surface area contributed by atoms with Crippen LogP contribution in [0.5, 0.6) is 0 Å². The van der Waals surface area contributed by atoms with Crippen molar-refractivity contribution in [3.8, 4) is 0 Å². The van der Waals surface area contributed by atoms with Crippen LogP contribution in [-0.4, -0.2) is 143 Å². The molecule has 0 aromatic heterocycles. The summed E-state index contributed by atoms with van der Waals surface area (Å²) in [7, 11) is 0. The van der Waals surface area contributed by atoms with Crippen LogP contribution in [0.3, 0.4) is 0 Å². The van der Waals surface area contributed by atoms with Gasteiger partial charge in [0.15, 0.2) is 12.1 Å². The third-order valence-electron chi connectivity index (χ3n) is 12.4. The highest BCUT2D eigenvalue weighted by Crippen LogP contribution is 2.38. The van der Waals surface area contributed by atoms with Gasteiger partial charge in [-0.25, -0.2) is 0 Å². The third kappa shape index (κ3) is 19.8. The van der Waals surface area contributed by atoms with Gasteiger partial charge in [-0.1, -0.05) is 113 Å². The molecule has 370 valence electrons. The highest BCUT2D eigenvalue weighted by atomic mass is 16.7. The molecule has 6 unspecified atom stereocenters. The van der Waals surface area contributed by atoms with E-state index in [1.165, 1.54) is 0 Å². The number of carboxylic acids is 1. The summed E-state index contributed by atoms with van der Waals surface area (Å²) in [5.74, 6) is -6.58. The van der Waals surface area contributed by atoms with Crippen LogP contribution >= 0.6 is 0 Å². The number of carbonyl (C=O) groups excluding carboxylic acids is 1. The van der Waals surface area contributed by atoms with Gasteiger partial charge in [-0.15, -0.1) is 0 Å². The molecule has 3 rings (SSSR count). The lowest BCUT2D eigenvalue weighted by Crippen LogP contribution is -2.58. The Kier molecular flexibility index (Phi) is 25.5. The Morgan fingerprint density at radius 1 is 0.677 bits per heavy atom. The first-order valence-corrected chi connectivity index (χ1v) is 22.5. The molecule has 16 heteroatoms. The van der Waals surface area contributed by atoms with Crippen LogP contribution in [0.25, 0.3) is 0 Å². The second-order valence-electron chi connectivity index (χ2n) is 17.8. The smallest absolute Gasteiger partial charge is 0.311 e. The zero-order valence-electron chi connectivity index (χ0n) is 37.8. The Bertz CT molecular complexity index is 1630. The highest BCUT2D eigenvalue weighted by molar-refractivity contribution is 5.71. The number of cyclic esters (lactones) is 1. The number of carbonyl (C=O) groups is 2. The zero-order chi connectivity index (χ0) is 47.6. The Hall–Kier alpha value is -3.36. The van der Waals surface area contributed by atoms with Gasteiger partial charge < -0.3 is 70.6 Å². The van der Waals surface area contributed by atoms with Crippen molar-refractivity contribution in [2.75, 3.05) is 0 Å². The highest BCUT2D eigenvalue weighted by Gasteiger charge is 2.50. The molecule has 65 heavy (non-hydrogen) atoms. The van der Waals surface area contributed by atoms with Gasteiger partial charge in [0.25, 0.3) is 0 Å². The largest absolute Gasteiger partial charge is 0.481 e. The number of ether oxygens (including phenoxy) is 4. The van der Waals surface area contributed by atoms with Crippen LogP contribution in [0.2, 0.25) is 0 Å². The van der Waals surface area contributed by atoms with Gasteiger partial charge in [0.1, 0.15) is 18.1 Å². The van der Waals surface area contributed by atoms with Crippen molar-refractivity contribution >= 4 is 11.9 Å². The molecule has 3 aliphatic heterocycles. The number of aliphatic hydroxyl groups excluding tert-OH is 7. The third-order valence-corrected chi connectivity index (χ3v) is 12.4. The number of aliphatic hydroxyl groups is 8. The minimum absolute atomic E-state index is 0. The average molecular weight is 922 g/mol. The number of carboxylic acid groups (broad SMARTS) is 1. The molecule has 0 radical (unpaired) electrons. The number of hydrogen-bond donors (Lipinski definition) is 10. The molecule has 16 nitrogen and oxygen atoms in total. The van der Waals surface area contributed by atoms with Crippen molar-refractivity contribution in [3.63, 3.8) is 0 Å². The van der Waals surface area contributed by atoms with Crippen molar-refractivity contribution in [2.45, 2.75) is 185 Å². The van der Waals surface area contributed by atoms with E-state index in [0.29, 0.717) is 0 Å². The topological polar surface area (TPSA) is 279 Å². The lowest BCUT2D eigenvalue weighted by molar-refractivity contribution is -0.306. The van der Waals surface area contributed by atoms with E-state index >= 15 is 0 Å². The molecule has 3 aliphatic rings. The Balaban J connectivity index is 0.0000145. The summed E-state index contributed by atoms with van der Waals surface area (Å²) in [6, 6.07) is -0.681. The summed E-state index contributed by atoms with van der Waals surface area (Å²) < 4.78 is 23.6. The molecule has 2 fully saturated rings. The van der Waals surface area contributed by atoms with Crippen LogP contribution in [0, 0.1) is 23.7 Å². The molecule has 2 bridgehead atoms. The van der Waals surface area contributed by atoms with Crippen molar-refractivity contribution < 1.29 is 74.5 Å². The van der Waals surface area contributed by atoms with Gasteiger partial charge >= 0.3 is 11.9 Å². The van der Waals surface area contributed by atoms with E-state index in [0.717, 1.165) is 0 Å². The Morgan fingerprint density at radius 2 is 1.20 bits per heavy atom. The first-order valence-electron chi connectivity index (χ1n) is 22.5. The maximum absolute atomic E-state index is 12.6. The van der Waals surface area contributed by atoms with Crippen molar-refractivity contribution in [1.82, 2.24) is 0 Å². The number of nitrogens with two attached hydrogens (primary N) is 1. The van der Waals surface area contributed by atoms with Gasteiger partial charge in [-0.3, -0.25) is 9.59 Å². The number of hydrogen-bond acceptors (Lipinski definition) is 15. The monoisotopic (exact) mass is 922 g/mol. The van der Waals surface area contributed by atoms with Crippen LogP contribution < -0.4 is 5.73 Å². The first-order chi connectivity index (χ1) is 30.2. The second-order valence-corrected chi connectivity index (χ2v) is 17.8. The van der Waals surface area contributed by atoms with Crippen LogP contribution in [0.1, 0.15) is 99.8 Å². The summed E-state index contributed by atoms with van der Waals surface area (Å²) in [6.45, 7) is 8.93. The lowest BCUT2D eigenvalue weighted by Gasteiger charge is -2.45. The van der Waals surface area contributed by atoms with Crippen LogP contribution in [0.15, 0.2) is 85.1 Å². The molecule has 0 aliphatic carbocycles. The van der Waals surface area contributed by atoms with Gasteiger partial charge in [0.05, 0.1) is 61.4 Å². The molecule has 0 spiro atoms. The molecular formula is C49H79NO15. The normalized spacial score (nSPS) is 44.2. The quantitative estimate of drug-likeness (QED) is 0.181. The summed E-state index contributed by atoms with van der Waals surface area (Å²) in [4.78, 5) is 25.1. The Morgan fingerprint density at radius 3 is 1.77 bits per heavy atom. The molecule has 0 saturated carbocycles. The molecule has 0 amide bonds. The van der Waals surface area contributed by atoms with E-state index in [4.69, 9.17) is 24.7 Å². The fourth-order valence-corrected chi connectivity index (χ4v) is 8.06. The zero-order valence-corrected chi connectivity index (χ0v) is 37.8.